The summed E-state index contributed by atoms with van der Waals surface area (Å²) in [6.07, 6.45) is 0.846. The molecule has 1 aliphatic heterocycles. The predicted octanol–water partition coefficient (Wildman–Crippen LogP) is 3.78. The first-order chi connectivity index (χ1) is 11.5. The average Bonchev–Trinajstić information content (AvgIpc) is 2.88. The van der Waals surface area contributed by atoms with E-state index in [0.29, 0.717) is 5.69 Å². The number of nitrogens with zero attached hydrogens (tertiary/aromatic N) is 2. The van der Waals surface area contributed by atoms with Gasteiger partial charge in [0.15, 0.2) is 0 Å². The van der Waals surface area contributed by atoms with E-state index in [-0.39, 0.29) is 24.4 Å². The Kier molecular flexibility index (Phi) is 4.71. The molecule has 1 heterocycles. The van der Waals surface area contributed by atoms with Crippen molar-refractivity contribution < 1.29 is 9.59 Å². The molecule has 2 aromatic rings. The summed E-state index contributed by atoms with van der Waals surface area (Å²) in [5.41, 5.74) is 2.84. The highest BCUT2D eigenvalue weighted by Gasteiger charge is 2.31. The van der Waals surface area contributed by atoms with E-state index >= 15 is 0 Å². The summed E-state index contributed by atoms with van der Waals surface area (Å²) in [5, 5.41) is 0. The first-order valence-electron chi connectivity index (χ1n) is 7.91. The van der Waals surface area contributed by atoms with Crippen molar-refractivity contribution in [1.29, 1.82) is 0 Å². The van der Waals surface area contributed by atoms with E-state index in [9.17, 15) is 9.59 Å². The highest BCUT2D eigenvalue weighted by atomic mass is 79.9. The Labute approximate surface area is 150 Å². The van der Waals surface area contributed by atoms with Crippen LogP contribution in [0.2, 0.25) is 0 Å². The fraction of sp³-hybridized carbons (Fsp3) is 0.263. The Morgan fingerprint density at radius 2 is 1.96 bits per heavy atom. The molecule has 2 amide bonds. The monoisotopic (exact) mass is 386 g/mol. The van der Waals surface area contributed by atoms with E-state index in [1.807, 2.05) is 54.3 Å². The van der Waals surface area contributed by atoms with Crippen LogP contribution in [0.15, 0.2) is 53.0 Å². The minimum Gasteiger partial charge on any atom is -0.307 e. The van der Waals surface area contributed by atoms with Crippen LogP contribution in [0.5, 0.6) is 0 Å². The Morgan fingerprint density at radius 1 is 1.21 bits per heavy atom. The van der Waals surface area contributed by atoms with Crippen molar-refractivity contribution in [3.05, 3.63) is 58.6 Å². The van der Waals surface area contributed by atoms with Crippen molar-refractivity contribution in [2.75, 3.05) is 16.3 Å². The second-order valence-corrected chi connectivity index (χ2v) is 6.95. The molecule has 5 heteroatoms. The van der Waals surface area contributed by atoms with Crippen molar-refractivity contribution >= 4 is 39.1 Å². The standard InChI is InChI=1S/C19H19BrN2O2/c1-13-10-15-6-3-4-9-18(15)22(13)19(24)12-21(14(2)23)17-8-5-7-16(20)11-17/h3-9,11,13H,10,12H2,1-2H3. The Bertz CT molecular complexity index is 790. The summed E-state index contributed by atoms with van der Waals surface area (Å²) in [6.45, 7) is 3.55. The number of amides is 2. The lowest BCUT2D eigenvalue weighted by atomic mass is 10.1. The largest absolute Gasteiger partial charge is 0.307 e. The summed E-state index contributed by atoms with van der Waals surface area (Å²) in [7, 11) is 0. The third kappa shape index (κ3) is 3.22. The lowest BCUT2D eigenvalue weighted by molar-refractivity contribution is -0.121. The molecule has 0 bridgehead atoms. The molecule has 0 aromatic heterocycles. The van der Waals surface area contributed by atoms with E-state index in [0.717, 1.165) is 16.6 Å². The van der Waals surface area contributed by atoms with Crippen LogP contribution in [0.3, 0.4) is 0 Å². The normalized spacial score (nSPS) is 16.0. The summed E-state index contributed by atoms with van der Waals surface area (Å²) in [6, 6.07) is 15.5. The van der Waals surface area contributed by atoms with Crippen LogP contribution >= 0.6 is 15.9 Å². The lowest BCUT2D eigenvalue weighted by Gasteiger charge is -2.27. The van der Waals surface area contributed by atoms with Gasteiger partial charge in [-0.3, -0.25) is 9.59 Å². The molecule has 3 rings (SSSR count). The number of halogens is 1. The zero-order valence-corrected chi connectivity index (χ0v) is 15.3. The van der Waals surface area contributed by atoms with Gasteiger partial charge in [0, 0.05) is 28.8 Å². The topological polar surface area (TPSA) is 40.6 Å². The molecule has 0 aliphatic carbocycles. The molecular weight excluding hydrogens is 368 g/mol. The maximum absolute atomic E-state index is 12.9. The first-order valence-corrected chi connectivity index (χ1v) is 8.70. The smallest absolute Gasteiger partial charge is 0.247 e. The van der Waals surface area contributed by atoms with E-state index in [2.05, 4.69) is 22.0 Å². The molecule has 0 radical (unpaired) electrons. The molecule has 1 unspecified atom stereocenters. The highest BCUT2D eigenvalue weighted by molar-refractivity contribution is 9.10. The molecular formula is C19H19BrN2O2. The summed E-state index contributed by atoms with van der Waals surface area (Å²) in [5.74, 6) is -0.218. The average molecular weight is 387 g/mol. The summed E-state index contributed by atoms with van der Waals surface area (Å²) < 4.78 is 0.874. The fourth-order valence-corrected chi connectivity index (χ4v) is 3.57. The van der Waals surface area contributed by atoms with Gasteiger partial charge in [-0.1, -0.05) is 40.2 Å². The number of para-hydroxylation sites is 1. The van der Waals surface area contributed by atoms with E-state index < -0.39 is 0 Å². The number of carbonyl (C=O) groups is 2. The number of fused-ring (bicyclic) bond motifs is 1. The number of benzene rings is 2. The maximum atomic E-state index is 12.9. The molecule has 124 valence electrons. The third-order valence-corrected chi connectivity index (χ3v) is 4.76. The second-order valence-electron chi connectivity index (χ2n) is 6.03. The fourth-order valence-electron chi connectivity index (χ4n) is 3.19. The van der Waals surface area contributed by atoms with Crippen molar-refractivity contribution in [2.24, 2.45) is 0 Å². The number of hydrogen-bond acceptors (Lipinski definition) is 2. The molecule has 0 fully saturated rings. The zero-order valence-electron chi connectivity index (χ0n) is 13.7. The van der Waals surface area contributed by atoms with Crippen LogP contribution in [0.25, 0.3) is 0 Å². The van der Waals surface area contributed by atoms with E-state index in [1.165, 1.54) is 17.4 Å². The molecule has 0 saturated heterocycles. The molecule has 4 nitrogen and oxygen atoms in total. The molecule has 0 N–H and O–H groups in total. The number of carbonyl (C=O) groups excluding carboxylic acids is 2. The molecule has 1 aliphatic rings. The van der Waals surface area contributed by atoms with E-state index in [1.54, 1.807) is 0 Å². The van der Waals surface area contributed by atoms with Gasteiger partial charge >= 0.3 is 0 Å². The number of rotatable bonds is 3. The van der Waals surface area contributed by atoms with Gasteiger partial charge in [-0.2, -0.15) is 0 Å². The van der Waals surface area contributed by atoms with Crippen LogP contribution in [0.1, 0.15) is 19.4 Å². The molecule has 1 atom stereocenters. The van der Waals surface area contributed by atoms with Gasteiger partial charge in [0.2, 0.25) is 11.8 Å². The van der Waals surface area contributed by atoms with Crippen molar-refractivity contribution in [2.45, 2.75) is 26.3 Å². The van der Waals surface area contributed by atoms with Crippen LogP contribution in [0.4, 0.5) is 11.4 Å². The van der Waals surface area contributed by atoms with E-state index in [4.69, 9.17) is 0 Å². The van der Waals surface area contributed by atoms with Gasteiger partial charge < -0.3 is 9.80 Å². The van der Waals surface area contributed by atoms with Crippen LogP contribution in [-0.4, -0.2) is 24.4 Å². The lowest BCUT2D eigenvalue weighted by Crippen LogP contribution is -2.44. The van der Waals surface area contributed by atoms with Gasteiger partial charge in [0.1, 0.15) is 6.54 Å². The van der Waals surface area contributed by atoms with Gasteiger partial charge in [0.05, 0.1) is 0 Å². The van der Waals surface area contributed by atoms with Crippen molar-refractivity contribution in [1.82, 2.24) is 0 Å². The van der Waals surface area contributed by atoms with Gasteiger partial charge in [-0.05, 0) is 43.2 Å². The second kappa shape index (κ2) is 6.77. The number of hydrogen-bond donors (Lipinski definition) is 0. The number of anilines is 2. The van der Waals surface area contributed by atoms with Crippen molar-refractivity contribution in [3.63, 3.8) is 0 Å². The summed E-state index contributed by atoms with van der Waals surface area (Å²) >= 11 is 3.41. The molecule has 2 aromatic carbocycles. The van der Waals surface area contributed by atoms with Gasteiger partial charge in [-0.25, -0.2) is 0 Å². The van der Waals surface area contributed by atoms with Crippen LogP contribution in [-0.2, 0) is 16.0 Å². The minimum absolute atomic E-state index is 0.0322. The predicted molar refractivity (Wildman–Crippen MR) is 99.3 cm³/mol. The Balaban J connectivity index is 1.86. The first kappa shape index (κ1) is 16.7. The SMILES string of the molecule is CC(=O)N(CC(=O)N1c2ccccc2CC1C)c1cccc(Br)c1. The van der Waals surface area contributed by atoms with Crippen LogP contribution < -0.4 is 9.80 Å². The van der Waals surface area contributed by atoms with Crippen molar-refractivity contribution in [3.8, 4) is 0 Å². The Morgan fingerprint density at radius 3 is 2.67 bits per heavy atom. The quantitative estimate of drug-likeness (QED) is 0.804. The third-order valence-electron chi connectivity index (χ3n) is 4.27. The van der Waals surface area contributed by atoms with Crippen LogP contribution in [0, 0.1) is 0 Å². The molecule has 0 saturated carbocycles. The highest BCUT2D eigenvalue weighted by Crippen LogP contribution is 2.32. The zero-order chi connectivity index (χ0) is 17.3. The Hall–Kier alpha value is -2.14. The molecule has 24 heavy (non-hydrogen) atoms. The minimum atomic E-state index is -0.151. The van der Waals surface area contributed by atoms with Gasteiger partial charge in [0.25, 0.3) is 0 Å². The summed E-state index contributed by atoms with van der Waals surface area (Å²) in [4.78, 5) is 28.3. The van der Waals surface area contributed by atoms with Gasteiger partial charge in [-0.15, -0.1) is 0 Å². The maximum Gasteiger partial charge on any atom is 0.247 e. The molecule has 0 spiro atoms.